The van der Waals surface area contributed by atoms with E-state index in [2.05, 4.69) is 172 Å². The van der Waals surface area contributed by atoms with E-state index < -0.39 is 8.07 Å². The van der Waals surface area contributed by atoms with Gasteiger partial charge in [-0.15, -0.1) is 0 Å². The quantitative estimate of drug-likeness (QED) is 0.189. The highest BCUT2D eigenvalue weighted by molar-refractivity contribution is 7.00. The Balaban J connectivity index is 1.42. The average Bonchev–Trinajstić information content (AvgIpc) is 2.91. The summed E-state index contributed by atoms with van der Waals surface area (Å²) in [5, 5.41) is 2.90. The molecule has 0 radical (unpaired) electrons. The van der Waals surface area contributed by atoms with Crippen molar-refractivity contribution in [1.29, 1.82) is 0 Å². The van der Waals surface area contributed by atoms with Crippen molar-refractivity contribution in [2.75, 3.05) is 38.0 Å². The Labute approximate surface area is 224 Å². The number of anilines is 2. The zero-order valence-corrected chi connectivity index (χ0v) is 23.9. The highest BCUT2D eigenvalue weighted by Crippen LogP contribution is 2.16. The number of benzene rings is 4. The zero-order chi connectivity index (χ0) is 26.4. The minimum Gasteiger partial charge on any atom is -0.378 e. The van der Waals surface area contributed by atoms with Crippen molar-refractivity contribution in [1.82, 2.24) is 0 Å². The summed E-state index contributed by atoms with van der Waals surface area (Å²) in [6.07, 6.45) is 8.75. The van der Waals surface area contributed by atoms with Crippen molar-refractivity contribution < 1.29 is 0 Å². The molecule has 4 rings (SSSR count). The molecule has 0 saturated carbocycles. The van der Waals surface area contributed by atoms with Gasteiger partial charge in [0.2, 0.25) is 0 Å². The van der Waals surface area contributed by atoms with Gasteiger partial charge in [-0.3, -0.25) is 0 Å². The topological polar surface area (TPSA) is 6.48 Å². The van der Waals surface area contributed by atoms with Gasteiger partial charge >= 0.3 is 0 Å². The van der Waals surface area contributed by atoms with E-state index in [0.29, 0.717) is 0 Å². The fourth-order valence-corrected chi connectivity index (χ4v) is 6.67. The van der Waals surface area contributed by atoms with Crippen LogP contribution in [-0.4, -0.2) is 36.3 Å². The summed E-state index contributed by atoms with van der Waals surface area (Å²) in [5.41, 5.74) is 7.31. The first kappa shape index (κ1) is 26.2. The maximum atomic E-state index is 2.43. The van der Waals surface area contributed by atoms with E-state index in [4.69, 9.17) is 0 Å². The van der Waals surface area contributed by atoms with Crippen LogP contribution in [0.25, 0.3) is 24.3 Å². The molecule has 0 bridgehead atoms. The molecule has 0 aliphatic carbocycles. The molecular weight excluding hydrogens is 464 g/mol. The summed E-state index contributed by atoms with van der Waals surface area (Å²) in [6, 6.07) is 35.5. The summed E-state index contributed by atoms with van der Waals surface area (Å²) < 4.78 is 0. The molecule has 0 aliphatic rings. The van der Waals surface area contributed by atoms with E-state index in [0.717, 1.165) is 0 Å². The Kier molecular flexibility index (Phi) is 8.15. The first-order valence-electron chi connectivity index (χ1n) is 12.8. The van der Waals surface area contributed by atoms with Crippen LogP contribution in [0, 0.1) is 0 Å². The second-order valence-electron chi connectivity index (χ2n) is 10.5. The molecule has 188 valence electrons. The lowest BCUT2D eigenvalue weighted by Crippen LogP contribution is -2.52. The molecule has 0 spiro atoms. The Morgan fingerprint density at radius 1 is 0.405 bits per heavy atom. The third-order valence-corrected chi connectivity index (χ3v) is 10.6. The van der Waals surface area contributed by atoms with E-state index in [1.54, 1.807) is 0 Å². The predicted octanol–water partition coefficient (Wildman–Crippen LogP) is 6.98. The number of nitrogens with zero attached hydrogens (tertiary/aromatic N) is 2. The molecule has 0 heterocycles. The zero-order valence-electron chi connectivity index (χ0n) is 22.9. The lowest BCUT2D eigenvalue weighted by atomic mass is 10.1. The average molecular weight is 503 g/mol. The van der Waals surface area contributed by atoms with E-state index in [9.17, 15) is 0 Å². The first-order valence-corrected chi connectivity index (χ1v) is 15.8. The largest absolute Gasteiger partial charge is 0.378 e. The molecule has 0 saturated heterocycles. The van der Waals surface area contributed by atoms with E-state index in [1.165, 1.54) is 44.0 Å². The molecule has 0 unspecified atom stereocenters. The van der Waals surface area contributed by atoms with Gasteiger partial charge in [0, 0.05) is 39.6 Å². The summed E-state index contributed by atoms with van der Waals surface area (Å²) in [4.78, 5) is 4.24. The van der Waals surface area contributed by atoms with Gasteiger partial charge in [-0.2, -0.15) is 0 Å². The Morgan fingerprint density at radius 2 is 0.649 bits per heavy atom. The van der Waals surface area contributed by atoms with Gasteiger partial charge in [0.05, 0.1) is 0 Å². The van der Waals surface area contributed by atoms with Gasteiger partial charge in [-0.05, 0) is 46.5 Å². The highest BCUT2D eigenvalue weighted by Gasteiger charge is 2.25. The minimum atomic E-state index is -1.77. The Morgan fingerprint density at radius 3 is 0.892 bits per heavy atom. The van der Waals surface area contributed by atoms with Crippen LogP contribution in [0.4, 0.5) is 11.4 Å². The van der Waals surface area contributed by atoms with Gasteiger partial charge in [0.1, 0.15) is 8.07 Å². The number of hydrogen-bond donors (Lipinski definition) is 0. The van der Waals surface area contributed by atoms with Gasteiger partial charge < -0.3 is 9.80 Å². The molecular formula is C34H38N2Si. The monoisotopic (exact) mass is 502 g/mol. The maximum Gasteiger partial charge on any atom is 0.112 e. The summed E-state index contributed by atoms with van der Waals surface area (Å²) in [5.74, 6) is 0. The highest BCUT2D eigenvalue weighted by atomic mass is 28.3. The third kappa shape index (κ3) is 6.69. The third-order valence-electron chi connectivity index (χ3n) is 7.02. The summed E-state index contributed by atoms with van der Waals surface area (Å²) in [7, 11) is 6.49. The van der Waals surface area contributed by atoms with Crippen LogP contribution in [0.15, 0.2) is 97.1 Å². The minimum absolute atomic E-state index is 1.21. The van der Waals surface area contributed by atoms with Crippen molar-refractivity contribution in [2.24, 2.45) is 0 Å². The fraction of sp³-hybridized carbons (Fsp3) is 0.176. The summed E-state index contributed by atoms with van der Waals surface area (Å²) >= 11 is 0. The predicted molar refractivity (Wildman–Crippen MR) is 169 cm³/mol. The second kappa shape index (κ2) is 11.5. The number of hydrogen-bond acceptors (Lipinski definition) is 2. The van der Waals surface area contributed by atoms with Crippen LogP contribution in [-0.2, 0) is 0 Å². The van der Waals surface area contributed by atoms with Gasteiger partial charge in [-0.1, -0.05) is 121 Å². The van der Waals surface area contributed by atoms with Crippen LogP contribution < -0.4 is 20.2 Å². The molecule has 0 atom stereocenters. The lowest BCUT2D eigenvalue weighted by Gasteiger charge is -2.24. The van der Waals surface area contributed by atoms with Crippen LogP contribution in [0.3, 0.4) is 0 Å². The molecule has 4 aromatic rings. The van der Waals surface area contributed by atoms with Gasteiger partial charge in [0.25, 0.3) is 0 Å². The van der Waals surface area contributed by atoms with Crippen molar-refractivity contribution in [2.45, 2.75) is 13.1 Å². The normalized spacial score (nSPS) is 11.8. The van der Waals surface area contributed by atoms with Gasteiger partial charge in [0.15, 0.2) is 0 Å². The SMILES string of the molecule is CN(C)c1ccc(/C=C/c2ccc([Si](C)(C)c3ccc(/C=C/c4ccc(N(C)C)cc4)cc3)cc2)cc1. The van der Waals surface area contributed by atoms with Crippen molar-refractivity contribution >= 4 is 54.1 Å². The standard InChI is InChI=1S/C34H38N2Si/c1-35(2)31-19-11-27(12-20-31)7-9-29-15-23-33(24-16-29)37(5,6)34-25-17-30(18-26-34)10-8-28-13-21-32(22-14-28)36(3)4/h7-26H,1-6H3/b9-7+,10-8+. The van der Waals surface area contributed by atoms with Crippen LogP contribution >= 0.6 is 0 Å². The molecule has 0 amide bonds. The molecule has 0 N–H and O–H groups in total. The smallest absolute Gasteiger partial charge is 0.112 e. The van der Waals surface area contributed by atoms with Crippen molar-refractivity contribution in [3.05, 3.63) is 119 Å². The van der Waals surface area contributed by atoms with Crippen LogP contribution in [0.1, 0.15) is 22.3 Å². The first-order chi connectivity index (χ1) is 17.7. The molecule has 2 nitrogen and oxygen atoms in total. The molecule has 3 heteroatoms. The van der Waals surface area contributed by atoms with E-state index in [-0.39, 0.29) is 0 Å². The van der Waals surface area contributed by atoms with Crippen LogP contribution in [0.2, 0.25) is 13.1 Å². The van der Waals surface area contributed by atoms with Crippen molar-refractivity contribution in [3.8, 4) is 0 Å². The molecule has 0 aromatic heterocycles. The van der Waals surface area contributed by atoms with E-state index in [1.807, 2.05) is 0 Å². The fourth-order valence-electron chi connectivity index (χ4n) is 4.34. The van der Waals surface area contributed by atoms with Crippen LogP contribution in [0.5, 0.6) is 0 Å². The molecule has 4 aromatic carbocycles. The Hall–Kier alpha value is -3.82. The Bertz CT molecular complexity index is 1240. The van der Waals surface area contributed by atoms with E-state index >= 15 is 0 Å². The molecule has 0 fully saturated rings. The number of rotatable bonds is 8. The maximum absolute atomic E-state index is 2.43. The van der Waals surface area contributed by atoms with Crippen molar-refractivity contribution in [3.63, 3.8) is 0 Å². The lowest BCUT2D eigenvalue weighted by molar-refractivity contribution is 1.13. The molecule has 37 heavy (non-hydrogen) atoms. The molecule has 0 aliphatic heterocycles. The second-order valence-corrected chi connectivity index (χ2v) is 14.9. The van der Waals surface area contributed by atoms with Gasteiger partial charge in [-0.25, -0.2) is 0 Å². The summed E-state index contributed by atoms with van der Waals surface area (Å²) in [6.45, 7) is 4.86.